The Bertz CT molecular complexity index is 768. The molecule has 1 aliphatic heterocycles. The van der Waals surface area contributed by atoms with Crippen LogP contribution in [0.2, 0.25) is 0 Å². The lowest BCUT2D eigenvalue weighted by Crippen LogP contribution is -2.50. The summed E-state index contributed by atoms with van der Waals surface area (Å²) in [5.41, 5.74) is 1.05. The van der Waals surface area contributed by atoms with Crippen LogP contribution in [0.5, 0.6) is 0 Å². The second-order valence-electron chi connectivity index (χ2n) is 7.50. The highest BCUT2D eigenvalue weighted by atomic mass is 16.2. The molecule has 7 heteroatoms. The number of anilines is 2. The number of rotatable bonds is 6. The number of nitrogens with zero attached hydrogens (tertiary/aromatic N) is 2. The van der Waals surface area contributed by atoms with Gasteiger partial charge in [-0.1, -0.05) is 19.8 Å². The van der Waals surface area contributed by atoms with Gasteiger partial charge < -0.3 is 10.2 Å². The van der Waals surface area contributed by atoms with Crippen molar-refractivity contribution < 1.29 is 19.2 Å². The third kappa shape index (κ3) is 4.08. The molecular formula is C21H27N3O4. The molecule has 0 spiro atoms. The van der Waals surface area contributed by atoms with Gasteiger partial charge in [-0.15, -0.1) is 0 Å². The van der Waals surface area contributed by atoms with Gasteiger partial charge in [-0.05, 0) is 43.5 Å². The van der Waals surface area contributed by atoms with E-state index in [4.69, 9.17) is 0 Å². The first-order valence-electron chi connectivity index (χ1n) is 9.98. The second kappa shape index (κ2) is 8.54. The van der Waals surface area contributed by atoms with E-state index < -0.39 is 6.04 Å². The van der Waals surface area contributed by atoms with Gasteiger partial charge in [0.05, 0.1) is 12.1 Å². The van der Waals surface area contributed by atoms with Crippen LogP contribution in [0.4, 0.5) is 11.4 Å². The smallest absolute Gasteiger partial charge is 0.257 e. The topological polar surface area (TPSA) is 86.8 Å². The van der Waals surface area contributed by atoms with Crippen molar-refractivity contribution in [2.24, 2.45) is 0 Å². The van der Waals surface area contributed by atoms with Crippen LogP contribution < -0.4 is 10.2 Å². The van der Waals surface area contributed by atoms with E-state index in [9.17, 15) is 19.2 Å². The summed E-state index contributed by atoms with van der Waals surface area (Å²) >= 11 is 0. The Hall–Kier alpha value is -2.70. The van der Waals surface area contributed by atoms with E-state index in [-0.39, 0.29) is 36.1 Å². The molecule has 1 saturated carbocycles. The molecule has 150 valence electrons. The molecule has 1 unspecified atom stereocenters. The first kappa shape index (κ1) is 20.0. The normalized spacial score (nSPS) is 19.9. The first-order valence-corrected chi connectivity index (χ1v) is 9.98. The Kier molecular flexibility index (Phi) is 6.11. The van der Waals surface area contributed by atoms with Crippen LogP contribution in [0, 0.1) is 0 Å². The summed E-state index contributed by atoms with van der Waals surface area (Å²) in [6.07, 6.45) is 4.99. The number of carbonyl (C=O) groups excluding carboxylic acids is 4. The average molecular weight is 385 g/mol. The fourth-order valence-corrected chi connectivity index (χ4v) is 4.16. The number of carbonyl (C=O) groups is 4. The van der Waals surface area contributed by atoms with Crippen molar-refractivity contribution in [3.63, 3.8) is 0 Å². The number of nitrogens with one attached hydrogen (secondary N) is 1. The maximum Gasteiger partial charge on any atom is 0.257 e. The largest absolute Gasteiger partial charge is 0.327 e. The molecule has 0 bridgehead atoms. The molecule has 1 aromatic carbocycles. The molecule has 2 aliphatic rings. The summed E-state index contributed by atoms with van der Waals surface area (Å²) in [5, 5.41) is 2.66. The van der Waals surface area contributed by atoms with Crippen LogP contribution in [0.3, 0.4) is 0 Å². The Labute approximate surface area is 165 Å². The van der Waals surface area contributed by atoms with Crippen LogP contribution in [-0.2, 0) is 19.2 Å². The van der Waals surface area contributed by atoms with E-state index in [1.807, 2.05) is 6.92 Å². The van der Waals surface area contributed by atoms with Gasteiger partial charge in [-0.3, -0.25) is 19.2 Å². The SMILES string of the molecule is CCCC(=O)N(C1CCCC1)C1CC(=O)N(c2ccc(NC(C)=O)cc2)C1=O. The molecule has 4 amide bonds. The zero-order valence-electron chi connectivity index (χ0n) is 16.4. The fourth-order valence-electron chi connectivity index (χ4n) is 4.16. The lowest BCUT2D eigenvalue weighted by atomic mass is 10.1. The van der Waals surface area contributed by atoms with Gasteiger partial charge in [0.15, 0.2) is 0 Å². The van der Waals surface area contributed by atoms with Crippen molar-refractivity contribution in [2.75, 3.05) is 10.2 Å². The molecule has 1 aromatic rings. The first-order chi connectivity index (χ1) is 13.4. The third-order valence-electron chi connectivity index (χ3n) is 5.37. The van der Waals surface area contributed by atoms with E-state index in [0.717, 1.165) is 25.7 Å². The number of imide groups is 1. The van der Waals surface area contributed by atoms with Crippen LogP contribution in [-0.4, -0.2) is 40.6 Å². The molecule has 3 rings (SSSR count). The van der Waals surface area contributed by atoms with Gasteiger partial charge >= 0.3 is 0 Å². The number of hydrogen-bond donors (Lipinski definition) is 1. The summed E-state index contributed by atoms with van der Waals surface area (Å²) in [6.45, 7) is 3.35. The zero-order valence-corrected chi connectivity index (χ0v) is 16.4. The van der Waals surface area contributed by atoms with Crippen LogP contribution >= 0.6 is 0 Å². The van der Waals surface area contributed by atoms with E-state index in [1.165, 1.54) is 11.8 Å². The molecular weight excluding hydrogens is 358 g/mol. The highest BCUT2D eigenvalue weighted by Crippen LogP contribution is 2.32. The second-order valence-corrected chi connectivity index (χ2v) is 7.50. The molecule has 7 nitrogen and oxygen atoms in total. The molecule has 28 heavy (non-hydrogen) atoms. The van der Waals surface area contributed by atoms with E-state index in [0.29, 0.717) is 24.2 Å². The Morgan fingerprint density at radius 3 is 2.36 bits per heavy atom. The summed E-state index contributed by atoms with van der Waals surface area (Å²) in [6, 6.07) is 5.91. The predicted molar refractivity (Wildman–Crippen MR) is 106 cm³/mol. The van der Waals surface area contributed by atoms with Crippen molar-refractivity contribution in [1.82, 2.24) is 4.90 Å². The average Bonchev–Trinajstić information content (AvgIpc) is 3.25. The van der Waals surface area contributed by atoms with Crippen molar-refractivity contribution in [3.8, 4) is 0 Å². The van der Waals surface area contributed by atoms with Crippen LogP contribution in [0.15, 0.2) is 24.3 Å². The van der Waals surface area contributed by atoms with Crippen molar-refractivity contribution in [3.05, 3.63) is 24.3 Å². The van der Waals surface area contributed by atoms with Gasteiger partial charge in [-0.2, -0.15) is 0 Å². The van der Waals surface area contributed by atoms with Gasteiger partial charge in [-0.25, -0.2) is 4.90 Å². The Morgan fingerprint density at radius 1 is 1.14 bits per heavy atom. The molecule has 1 atom stereocenters. The van der Waals surface area contributed by atoms with Gasteiger partial charge in [0.2, 0.25) is 17.7 Å². The summed E-state index contributed by atoms with van der Waals surface area (Å²) < 4.78 is 0. The molecule has 1 aliphatic carbocycles. The maximum atomic E-state index is 13.1. The standard InChI is InChI=1S/C21H27N3O4/c1-3-6-19(26)23(16-7-4-5-8-16)18-13-20(27)24(21(18)28)17-11-9-15(10-12-17)22-14(2)25/h9-12,16,18H,3-8,13H2,1-2H3,(H,22,25). The Morgan fingerprint density at radius 2 is 1.79 bits per heavy atom. The molecule has 1 heterocycles. The minimum Gasteiger partial charge on any atom is -0.327 e. The Balaban J connectivity index is 1.82. The fraction of sp³-hybridized carbons (Fsp3) is 0.524. The van der Waals surface area contributed by atoms with Crippen LogP contribution in [0.25, 0.3) is 0 Å². The number of hydrogen-bond acceptors (Lipinski definition) is 4. The predicted octanol–water partition coefficient (Wildman–Crippen LogP) is 2.85. The summed E-state index contributed by atoms with van der Waals surface area (Å²) in [7, 11) is 0. The summed E-state index contributed by atoms with van der Waals surface area (Å²) in [5.74, 6) is -0.866. The highest BCUT2D eigenvalue weighted by molar-refractivity contribution is 6.23. The summed E-state index contributed by atoms with van der Waals surface area (Å²) in [4.78, 5) is 52.6. The van der Waals surface area contributed by atoms with Gasteiger partial charge in [0, 0.05) is 25.1 Å². The van der Waals surface area contributed by atoms with E-state index >= 15 is 0 Å². The molecule has 2 fully saturated rings. The number of benzene rings is 1. The van der Waals surface area contributed by atoms with Crippen molar-refractivity contribution in [1.29, 1.82) is 0 Å². The van der Waals surface area contributed by atoms with Crippen molar-refractivity contribution >= 4 is 35.0 Å². The number of amides is 4. The third-order valence-corrected chi connectivity index (χ3v) is 5.37. The quantitative estimate of drug-likeness (QED) is 0.763. The van der Waals surface area contributed by atoms with Crippen molar-refractivity contribution in [2.45, 2.75) is 70.9 Å². The van der Waals surface area contributed by atoms with Crippen LogP contribution in [0.1, 0.15) is 58.8 Å². The van der Waals surface area contributed by atoms with Gasteiger partial charge in [0.1, 0.15) is 6.04 Å². The lowest BCUT2D eigenvalue weighted by molar-refractivity contribution is -0.141. The van der Waals surface area contributed by atoms with Gasteiger partial charge in [0.25, 0.3) is 5.91 Å². The molecule has 0 radical (unpaired) electrons. The monoisotopic (exact) mass is 385 g/mol. The minimum atomic E-state index is -0.718. The molecule has 1 saturated heterocycles. The molecule has 1 N–H and O–H groups in total. The lowest BCUT2D eigenvalue weighted by Gasteiger charge is -2.33. The van der Waals surface area contributed by atoms with E-state index in [2.05, 4.69) is 5.32 Å². The molecule has 0 aromatic heterocycles. The zero-order chi connectivity index (χ0) is 20.3. The minimum absolute atomic E-state index is 0.0260. The van der Waals surface area contributed by atoms with E-state index in [1.54, 1.807) is 29.2 Å². The highest BCUT2D eigenvalue weighted by Gasteiger charge is 2.46. The maximum absolute atomic E-state index is 13.1.